The first-order chi connectivity index (χ1) is 15.8. The van der Waals surface area contributed by atoms with Gasteiger partial charge in [0.05, 0.1) is 6.10 Å². The predicted molar refractivity (Wildman–Crippen MR) is 118 cm³/mol. The molecular formula is C24H26N2O7. The maximum atomic E-state index is 12.5. The molecule has 1 atom stereocenters. The molecule has 0 saturated heterocycles. The molecule has 9 nitrogen and oxygen atoms in total. The molecule has 2 amide bonds. The fourth-order valence-corrected chi connectivity index (χ4v) is 3.69. The number of ether oxygens (including phenoxy) is 3. The number of rotatable bonds is 8. The molecule has 0 aromatic heterocycles. The van der Waals surface area contributed by atoms with Gasteiger partial charge in [-0.3, -0.25) is 4.79 Å². The van der Waals surface area contributed by atoms with E-state index in [2.05, 4.69) is 10.1 Å². The molecule has 0 saturated carbocycles. The number of esters is 1. The van der Waals surface area contributed by atoms with Gasteiger partial charge < -0.3 is 25.3 Å². The zero-order valence-electron chi connectivity index (χ0n) is 18.4. The minimum absolute atomic E-state index is 0.0346. The highest BCUT2D eigenvalue weighted by Crippen LogP contribution is 2.44. The minimum Gasteiger partial charge on any atom is -0.449 e. The van der Waals surface area contributed by atoms with Gasteiger partial charge >= 0.3 is 18.2 Å². The molecule has 3 rings (SSSR count). The number of carbonyl (C=O) groups excluding carboxylic acids is 4. The predicted octanol–water partition coefficient (Wildman–Crippen LogP) is 3.25. The van der Waals surface area contributed by atoms with Gasteiger partial charge in [0.25, 0.3) is 0 Å². The topological polar surface area (TPSA) is 134 Å². The summed E-state index contributed by atoms with van der Waals surface area (Å²) in [6.07, 6.45) is -2.95. The van der Waals surface area contributed by atoms with Crippen LogP contribution in [0.2, 0.25) is 0 Å². The van der Waals surface area contributed by atoms with Gasteiger partial charge in [-0.15, -0.1) is 0 Å². The second-order valence-corrected chi connectivity index (χ2v) is 7.87. The van der Waals surface area contributed by atoms with E-state index in [1.54, 1.807) is 13.8 Å². The summed E-state index contributed by atoms with van der Waals surface area (Å²) in [4.78, 5) is 47.6. The highest BCUT2D eigenvalue weighted by atomic mass is 16.7. The smallest absolute Gasteiger partial charge is 0.449 e. The minimum atomic E-state index is -1.31. The number of hydrogen-bond acceptors (Lipinski definition) is 7. The Morgan fingerprint density at radius 3 is 2.09 bits per heavy atom. The monoisotopic (exact) mass is 454 g/mol. The zero-order chi connectivity index (χ0) is 24.0. The van der Waals surface area contributed by atoms with Gasteiger partial charge in [-0.05, 0) is 42.5 Å². The summed E-state index contributed by atoms with van der Waals surface area (Å²) in [7, 11) is 0. The third-order valence-corrected chi connectivity index (χ3v) is 5.12. The Bertz CT molecular complexity index is 1010. The fourth-order valence-electron chi connectivity index (χ4n) is 3.69. The van der Waals surface area contributed by atoms with Crippen LogP contribution in [0, 0.1) is 0 Å². The van der Waals surface area contributed by atoms with Crippen molar-refractivity contribution < 1.29 is 33.4 Å². The lowest BCUT2D eigenvalue weighted by molar-refractivity contribution is -0.142. The van der Waals surface area contributed by atoms with Crippen LogP contribution >= 0.6 is 0 Å². The normalized spacial score (nSPS) is 12.9. The maximum absolute atomic E-state index is 12.5. The quantitative estimate of drug-likeness (QED) is 0.462. The molecule has 2 aromatic carbocycles. The van der Waals surface area contributed by atoms with Crippen molar-refractivity contribution in [2.45, 2.75) is 44.8 Å². The molecule has 174 valence electrons. The van der Waals surface area contributed by atoms with Crippen LogP contribution < -0.4 is 11.1 Å². The first kappa shape index (κ1) is 23.8. The van der Waals surface area contributed by atoms with Gasteiger partial charge in [0.2, 0.25) is 5.91 Å². The number of amides is 2. The first-order valence-corrected chi connectivity index (χ1v) is 10.6. The zero-order valence-corrected chi connectivity index (χ0v) is 18.4. The summed E-state index contributed by atoms with van der Waals surface area (Å²) in [5.41, 5.74) is 9.37. The van der Waals surface area contributed by atoms with E-state index >= 15 is 0 Å². The SMILES string of the molecule is CC(C)OC(=O)OC(=O)[C@H](CCC(N)=O)NC(=O)OCC1c2ccccc2-c2ccccc21. The maximum Gasteiger partial charge on any atom is 0.516 e. The number of nitrogens with one attached hydrogen (secondary N) is 1. The Morgan fingerprint density at radius 1 is 0.970 bits per heavy atom. The number of benzene rings is 2. The molecule has 0 unspecified atom stereocenters. The van der Waals surface area contributed by atoms with Crippen molar-refractivity contribution in [3.8, 4) is 11.1 Å². The van der Waals surface area contributed by atoms with E-state index in [1.165, 1.54) is 0 Å². The molecule has 33 heavy (non-hydrogen) atoms. The molecule has 0 radical (unpaired) electrons. The van der Waals surface area contributed by atoms with Crippen molar-refractivity contribution in [3.63, 3.8) is 0 Å². The van der Waals surface area contributed by atoms with Gasteiger partial charge in [0.1, 0.15) is 12.6 Å². The molecule has 0 aliphatic heterocycles. The van der Waals surface area contributed by atoms with Crippen molar-refractivity contribution in [2.24, 2.45) is 5.73 Å². The van der Waals surface area contributed by atoms with E-state index in [0.29, 0.717) is 0 Å². The second kappa shape index (κ2) is 10.6. The molecular weight excluding hydrogens is 428 g/mol. The summed E-state index contributed by atoms with van der Waals surface area (Å²) in [5.74, 6) is -1.91. The molecule has 9 heteroatoms. The van der Waals surface area contributed by atoms with E-state index in [1.807, 2.05) is 48.5 Å². The number of primary amides is 1. The van der Waals surface area contributed by atoms with E-state index in [4.69, 9.17) is 15.2 Å². The second-order valence-electron chi connectivity index (χ2n) is 7.87. The largest absolute Gasteiger partial charge is 0.516 e. The van der Waals surface area contributed by atoms with Crippen molar-refractivity contribution >= 4 is 24.1 Å². The number of alkyl carbamates (subject to hydrolysis) is 1. The van der Waals surface area contributed by atoms with E-state index in [0.717, 1.165) is 22.3 Å². The number of fused-ring (bicyclic) bond motifs is 3. The van der Waals surface area contributed by atoms with Crippen LogP contribution in [0.4, 0.5) is 9.59 Å². The van der Waals surface area contributed by atoms with Gasteiger partial charge in [-0.1, -0.05) is 48.5 Å². The van der Waals surface area contributed by atoms with Crippen LogP contribution in [-0.4, -0.2) is 42.9 Å². The molecule has 1 aliphatic carbocycles. The summed E-state index contributed by atoms with van der Waals surface area (Å²) in [5, 5.41) is 2.35. The number of nitrogens with two attached hydrogens (primary N) is 1. The van der Waals surface area contributed by atoms with E-state index in [-0.39, 0.29) is 25.4 Å². The van der Waals surface area contributed by atoms with E-state index in [9.17, 15) is 19.2 Å². The Morgan fingerprint density at radius 2 is 1.55 bits per heavy atom. The Balaban J connectivity index is 1.65. The van der Waals surface area contributed by atoms with Crippen LogP contribution in [0.3, 0.4) is 0 Å². The van der Waals surface area contributed by atoms with Crippen LogP contribution in [0.5, 0.6) is 0 Å². The van der Waals surface area contributed by atoms with Crippen LogP contribution in [-0.2, 0) is 23.8 Å². The third kappa shape index (κ3) is 6.09. The molecule has 2 aromatic rings. The van der Waals surface area contributed by atoms with Crippen molar-refractivity contribution in [1.29, 1.82) is 0 Å². The summed E-state index contributed by atoms with van der Waals surface area (Å²) >= 11 is 0. The summed E-state index contributed by atoms with van der Waals surface area (Å²) in [6, 6.07) is 14.4. The van der Waals surface area contributed by atoms with Crippen LogP contribution in [0.25, 0.3) is 11.1 Å². The van der Waals surface area contributed by atoms with Gasteiger partial charge in [-0.25, -0.2) is 14.4 Å². The molecule has 1 aliphatic rings. The van der Waals surface area contributed by atoms with Gasteiger partial charge in [-0.2, -0.15) is 0 Å². The Hall–Kier alpha value is -3.88. The van der Waals surface area contributed by atoms with Crippen LogP contribution in [0.15, 0.2) is 48.5 Å². The lowest BCUT2D eigenvalue weighted by atomic mass is 9.98. The summed E-state index contributed by atoms with van der Waals surface area (Å²) < 4.78 is 14.8. The molecule has 0 fully saturated rings. The Labute approximate surface area is 191 Å². The molecule has 0 bridgehead atoms. The van der Waals surface area contributed by atoms with Crippen LogP contribution in [0.1, 0.15) is 43.7 Å². The highest BCUT2D eigenvalue weighted by Gasteiger charge is 2.30. The number of carbonyl (C=O) groups is 4. The fraction of sp³-hybridized carbons (Fsp3) is 0.333. The average molecular weight is 454 g/mol. The lowest BCUT2D eigenvalue weighted by Crippen LogP contribution is -2.43. The van der Waals surface area contributed by atoms with Crippen molar-refractivity contribution in [3.05, 3.63) is 59.7 Å². The first-order valence-electron chi connectivity index (χ1n) is 10.6. The molecule has 0 heterocycles. The van der Waals surface area contributed by atoms with E-state index < -0.39 is 36.3 Å². The molecule has 3 N–H and O–H groups in total. The standard InChI is InChI=1S/C24H26N2O7/c1-14(2)32-24(30)33-22(28)20(11-12-21(25)27)26-23(29)31-13-19-17-9-5-3-7-15(17)16-8-4-6-10-18(16)19/h3-10,14,19-20H,11-13H2,1-2H3,(H2,25,27)(H,26,29)/t20-/m0/s1. The average Bonchev–Trinajstić information content (AvgIpc) is 3.08. The Kier molecular flexibility index (Phi) is 7.66. The number of hydrogen-bond donors (Lipinski definition) is 2. The van der Waals surface area contributed by atoms with Gasteiger partial charge in [0.15, 0.2) is 0 Å². The highest BCUT2D eigenvalue weighted by molar-refractivity contribution is 5.88. The van der Waals surface area contributed by atoms with Crippen molar-refractivity contribution in [1.82, 2.24) is 5.32 Å². The molecule has 0 spiro atoms. The van der Waals surface area contributed by atoms with Gasteiger partial charge in [0, 0.05) is 12.3 Å². The van der Waals surface area contributed by atoms with Crippen molar-refractivity contribution in [2.75, 3.05) is 6.61 Å². The third-order valence-electron chi connectivity index (χ3n) is 5.12. The lowest BCUT2D eigenvalue weighted by Gasteiger charge is -2.18. The summed E-state index contributed by atoms with van der Waals surface area (Å²) in [6.45, 7) is 3.21.